The summed E-state index contributed by atoms with van der Waals surface area (Å²) in [6.45, 7) is 9.03. The van der Waals surface area contributed by atoms with Gasteiger partial charge in [0, 0.05) is 6.20 Å². The van der Waals surface area contributed by atoms with E-state index in [1.807, 2.05) is 6.20 Å². The van der Waals surface area contributed by atoms with Gasteiger partial charge in [0.05, 0.1) is 13.8 Å². The monoisotopic (exact) mass is 154 g/mol. The van der Waals surface area contributed by atoms with Crippen LogP contribution in [0.4, 0.5) is 0 Å². The molecule has 1 N–H and O–H groups in total. The van der Waals surface area contributed by atoms with Gasteiger partial charge < -0.3 is 0 Å². The molecule has 0 atom stereocenters. The predicted octanol–water partition coefficient (Wildman–Crippen LogP) is 1.26. The van der Waals surface area contributed by atoms with Crippen LogP contribution in [0.15, 0.2) is 6.20 Å². The van der Waals surface area contributed by atoms with Crippen molar-refractivity contribution in [1.29, 1.82) is 0 Å². The summed E-state index contributed by atoms with van der Waals surface area (Å²) >= 11 is 0. The second kappa shape index (κ2) is 2.23. The van der Waals surface area contributed by atoms with Gasteiger partial charge in [-0.1, -0.05) is 19.6 Å². The van der Waals surface area contributed by atoms with Crippen molar-refractivity contribution in [2.24, 2.45) is 0 Å². The summed E-state index contributed by atoms with van der Waals surface area (Å²) in [5.41, 5.74) is 1.17. The van der Waals surface area contributed by atoms with E-state index < -0.39 is 8.07 Å². The Kier molecular flexibility index (Phi) is 1.68. The van der Waals surface area contributed by atoms with Crippen molar-refractivity contribution in [2.45, 2.75) is 26.6 Å². The minimum Gasteiger partial charge on any atom is -0.286 e. The molecule has 0 aromatic carbocycles. The molecular formula is C7H14N2Si. The average Bonchev–Trinajstić information content (AvgIpc) is 2.11. The van der Waals surface area contributed by atoms with E-state index in [1.165, 1.54) is 10.9 Å². The molecule has 0 unspecified atom stereocenters. The lowest BCUT2D eigenvalue weighted by Gasteiger charge is -2.13. The first-order valence-electron chi connectivity index (χ1n) is 3.52. The maximum absolute atomic E-state index is 4.09. The van der Waals surface area contributed by atoms with Crippen molar-refractivity contribution < 1.29 is 0 Å². The topological polar surface area (TPSA) is 28.7 Å². The summed E-state index contributed by atoms with van der Waals surface area (Å²) in [6.07, 6.45) is 2.03. The Bertz CT molecular complexity index is 222. The lowest BCUT2D eigenvalue weighted by molar-refractivity contribution is 1.05. The van der Waals surface area contributed by atoms with Gasteiger partial charge in [-0.3, -0.25) is 5.10 Å². The van der Waals surface area contributed by atoms with Crippen molar-refractivity contribution in [1.82, 2.24) is 10.2 Å². The van der Waals surface area contributed by atoms with Gasteiger partial charge in [0.15, 0.2) is 0 Å². The number of aromatic nitrogens is 2. The molecule has 0 amide bonds. The highest BCUT2D eigenvalue weighted by atomic mass is 28.3. The van der Waals surface area contributed by atoms with E-state index in [4.69, 9.17) is 0 Å². The van der Waals surface area contributed by atoms with Crippen molar-refractivity contribution in [3.05, 3.63) is 11.9 Å². The quantitative estimate of drug-likeness (QED) is 0.606. The standard InChI is InChI=1S/C7H14N2Si/c1-6-7(5-8-9-6)10(2,3)4/h5H,1-4H3,(H,8,9). The van der Waals surface area contributed by atoms with Gasteiger partial charge in [0.2, 0.25) is 0 Å². The van der Waals surface area contributed by atoms with Crippen LogP contribution in [0.3, 0.4) is 0 Å². The summed E-state index contributed by atoms with van der Waals surface area (Å²) in [5, 5.41) is 8.42. The summed E-state index contributed by atoms with van der Waals surface area (Å²) in [7, 11) is -1.12. The first-order valence-corrected chi connectivity index (χ1v) is 7.02. The molecule has 0 aliphatic heterocycles. The van der Waals surface area contributed by atoms with E-state index in [2.05, 4.69) is 36.8 Å². The number of aryl methyl sites for hydroxylation is 1. The first-order chi connectivity index (χ1) is 4.52. The van der Waals surface area contributed by atoms with Crippen LogP contribution in [0.2, 0.25) is 19.6 Å². The zero-order chi connectivity index (χ0) is 7.78. The largest absolute Gasteiger partial charge is 0.286 e. The molecule has 3 heteroatoms. The fraction of sp³-hybridized carbons (Fsp3) is 0.571. The van der Waals surface area contributed by atoms with Gasteiger partial charge in [0.25, 0.3) is 0 Å². The van der Waals surface area contributed by atoms with Crippen molar-refractivity contribution in [2.75, 3.05) is 0 Å². The van der Waals surface area contributed by atoms with Crippen LogP contribution in [-0.2, 0) is 0 Å². The molecule has 1 aromatic rings. The Balaban J connectivity index is 3.05. The Morgan fingerprint density at radius 3 is 2.20 bits per heavy atom. The van der Waals surface area contributed by atoms with Crippen molar-refractivity contribution >= 4 is 13.3 Å². The second-order valence-corrected chi connectivity index (χ2v) is 8.67. The number of nitrogens with zero attached hydrogens (tertiary/aromatic N) is 1. The van der Waals surface area contributed by atoms with Crippen LogP contribution in [0, 0.1) is 6.92 Å². The highest BCUT2D eigenvalue weighted by molar-refractivity contribution is 6.88. The second-order valence-electron chi connectivity index (χ2n) is 3.63. The van der Waals surface area contributed by atoms with E-state index in [-0.39, 0.29) is 0 Å². The van der Waals surface area contributed by atoms with E-state index in [9.17, 15) is 0 Å². The molecule has 2 nitrogen and oxygen atoms in total. The summed E-state index contributed by atoms with van der Waals surface area (Å²) in [4.78, 5) is 0. The van der Waals surface area contributed by atoms with Gasteiger partial charge in [-0.05, 0) is 12.1 Å². The number of aromatic amines is 1. The number of rotatable bonds is 1. The van der Waals surface area contributed by atoms with Gasteiger partial charge >= 0.3 is 0 Å². The molecule has 1 rings (SSSR count). The lowest BCUT2D eigenvalue weighted by atomic mass is 10.5. The molecule has 0 radical (unpaired) electrons. The minimum absolute atomic E-state index is 1.12. The Hall–Kier alpha value is -0.573. The summed E-state index contributed by atoms with van der Waals surface area (Å²) < 4.78 is 0. The first kappa shape index (κ1) is 7.53. The van der Waals surface area contributed by atoms with E-state index >= 15 is 0 Å². The highest BCUT2D eigenvalue weighted by Gasteiger charge is 2.19. The zero-order valence-electron chi connectivity index (χ0n) is 7.02. The molecular weight excluding hydrogens is 140 g/mol. The summed E-state index contributed by atoms with van der Waals surface area (Å²) in [6, 6.07) is 0. The SMILES string of the molecule is Cc1n[nH]cc1[Si](C)(C)C. The Morgan fingerprint density at radius 1 is 1.40 bits per heavy atom. The Labute approximate surface area is 62.7 Å². The smallest absolute Gasteiger partial charge is 0.0820 e. The number of nitrogens with one attached hydrogen (secondary N) is 1. The molecule has 1 aromatic heterocycles. The van der Waals surface area contributed by atoms with Crippen LogP contribution in [-0.4, -0.2) is 18.3 Å². The molecule has 10 heavy (non-hydrogen) atoms. The van der Waals surface area contributed by atoms with E-state index in [1.54, 1.807) is 0 Å². The number of H-pyrrole nitrogens is 1. The van der Waals surface area contributed by atoms with Gasteiger partial charge in [-0.15, -0.1) is 0 Å². The van der Waals surface area contributed by atoms with Crippen molar-refractivity contribution in [3.63, 3.8) is 0 Å². The molecule has 0 aliphatic rings. The van der Waals surface area contributed by atoms with Crippen molar-refractivity contribution in [3.8, 4) is 0 Å². The molecule has 0 spiro atoms. The fourth-order valence-corrected chi connectivity index (χ4v) is 2.76. The Morgan fingerprint density at radius 2 is 2.00 bits per heavy atom. The van der Waals surface area contributed by atoms with E-state index in [0.29, 0.717) is 0 Å². The van der Waals surface area contributed by atoms with Crippen LogP contribution in [0.1, 0.15) is 5.69 Å². The maximum atomic E-state index is 4.09. The zero-order valence-corrected chi connectivity index (χ0v) is 8.02. The third-order valence-electron chi connectivity index (χ3n) is 1.64. The van der Waals surface area contributed by atoms with Gasteiger partial charge in [-0.2, -0.15) is 5.10 Å². The predicted molar refractivity (Wildman–Crippen MR) is 46.3 cm³/mol. The molecule has 1 heterocycles. The molecule has 0 bridgehead atoms. The normalized spacial score (nSPS) is 12.0. The van der Waals surface area contributed by atoms with Crippen LogP contribution in [0.5, 0.6) is 0 Å². The average molecular weight is 154 g/mol. The van der Waals surface area contributed by atoms with Crippen LogP contribution < -0.4 is 5.19 Å². The third-order valence-corrected chi connectivity index (χ3v) is 3.76. The molecule has 0 saturated carbocycles. The van der Waals surface area contributed by atoms with E-state index in [0.717, 1.165) is 0 Å². The number of hydrogen-bond donors (Lipinski definition) is 1. The fourth-order valence-electron chi connectivity index (χ4n) is 1.12. The van der Waals surface area contributed by atoms with Crippen LogP contribution >= 0.6 is 0 Å². The van der Waals surface area contributed by atoms with Gasteiger partial charge in [0.1, 0.15) is 0 Å². The highest BCUT2D eigenvalue weighted by Crippen LogP contribution is 2.02. The molecule has 0 aliphatic carbocycles. The number of hydrogen-bond acceptors (Lipinski definition) is 1. The third kappa shape index (κ3) is 1.29. The molecule has 56 valence electrons. The molecule has 0 saturated heterocycles. The van der Waals surface area contributed by atoms with Gasteiger partial charge in [-0.25, -0.2) is 0 Å². The van der Waals surface area contributed by atoms with Crippen LogP contribution in [0.25, 0.3) is 0 Å². The maximum Gasteiger partial charge on any atom is 0.0820 e. The lowest BCUT2D eigenvalue weighted by Crippen LogP contribution is -2.38. The minimum atomic E-state index is -1.12. The summed E-state index contributed by atoms with van der Waals surface area (Å²) in [5.74, 6) is 0. The molecule has 0 fully saturated rings.